The lowest BCUT2D eigenvalue weighted by molar-refractivity contribution is 0.218. The van der Waals surface area contributed by atoms with Crippen LogP contribution in [0.2, 0.25) is 0 Å². The molecule has 0 aliphatic rings. The molecule has 0 fully saturated rings. The van der Waals surface area contributed by atoms with Crippen molar-refractivity contribution in [1.29, 1.82) is 0 Å². The van der Waals surface area contributed by atoms with Gasteiger partial charge >= 0.3 is 0 Å². The minimum atomic E-state index is -0.259. The Hall–Kier alpha value is -0.540. The first-order valence-electron chi connectivity index (χ1n) is 5.82. The minimum Gasteiger partial charge on any atom is -0.496 e. The first kappa shape index (κ1) is 14.5. The maximum Gasteiger partial charge on any atom is 0.123 e. The van der Waals surface area contributed by atoms with Crippen molar-refractivity contribution < 1.29 is 9.84 Å². The van der Waals surface area contributed by atoms with Crippen molar-refractivity contribution in [3.63, 3.8) is 0 Å². The van der Waals surface area contributed by atoms with E-state index in [1.54, 1.807) is 7.11 Å². The molecule has 0 aromatic heterocycles. The molecule has 2 nitrogen and oxygen atoms in total. The van der Waals surface area contributed by atoms with E-state index < -0.39 is 0 Å². The lowest BCUT2D eigenvalue weighted by atomic mass is 9.84. The van der Waals surface area contributed by atoms with Crippen LogP contribution >= 0.6 is 15.9 Å². The van der Waals surface area contributed by atoms with Crippen molar-refractivity contribution in [2.24, 2.45) is 0 Å². The number of hydrogen-bond donors (Lipinski definition) is 1. The van der Waals surface area contributed by atoms with E-state index in [2.05, 4.69) is 35.8 Å². The van der Waals surface area contributed by atoms with Crippen molar-refractivity contribution in [3.05, 3.63) is 27.7 Å². The zero-order chi connectivity index (χ0) is 13.2. The summed E-state index contributed by atoms with van der Waals surface area (Å²) in [5.41, 5.74) is 1.99. The fourth-order valence-corrected chi connectivity index (χ4v) is 2.70. The monoisotopic (exact) mass is 300 g/mol. The molecule has 96 valence electrons. The Morgan fingerprint density at radius 2 is 1.94 bits per heavy atom. The predicted octanol–water partition coefficient (Wildman–Crippen LogP) is 3.85. The second kappa shape index (κ2) is 5.40. The Labute approximate surface area is 112 Å². The lowest BCUT2D eigenvalue weighted by Crippen LogP contribution is -2.22. The van der Waals surface area contributed by atoms with Crippen molar-refractivity contribution in [3.8, 4) is 5.75 Å². The summed E-state index contributed by atoms with van der Waals surface area (Å²) in [6.45, 7) is 8.43. The van der Waals surface area contributed by atoms with Gasteiger partial charge in [0.05, 0.1) is 13.7 Å². The summed E-state index contributed by atoms with van der Waals surface area (Å²) in [5, 5.41) is 9.42. The summed E-state index contributed by atoms with van der Waals surface area (Å²) in [6.07, 6.45) is 0. The Balaban J connectivity index is 3.37. The maximum atomic E-state index is 9.42. The molecule has 0 aliphatic heterocycles. The van der Waals surface area contributed by atoms with Crippen LogP contribution in [-0.2, 0) is 5.41 Å². The van der Waals surface area contributed by atoms with Crippen LogP contribution in [0.3, 0.4) is 0 Å². The van der Waals surface area contributed by atoms with Gasteiger partial charge in [-0.05, 0) is 23.6 Å². The summed E-state index contributed by atoms with van der Waals surface area (Å²) in [6, 6.07) is 4.10. The van der Waals surface area contributed by atoms with Crippen LogP contribution in [-0.4, -0.2) is 18.8 Å². The first-order chi connectivity index (χ1) is 7.83. The van der Waals surface area contributed by atoms with Gasteiger partial charge in [0.25, 0.3) is 0 Å². The molecule has 0 atom stereocenters. The van der Waals surface area contributed by atoms with Crippen LogP contribution in [0.25, 0.3) is 0 Å². The smallest absolute Gasteiger partial charge is 0.123 e. The predicted molar refractivity (Wildman–Crippen MR) is 74.9 cm³/mol. The van der Waals surface area contributed by atoms with Crippen LogP contribution in [0, 0.1) is 0 Å². The maximum absolute atomic E-state index is 9.42. The third-order valence-electron chi connectivity index (χ3n) is 3.07. The molecule has 1 aromatic rings. The SMILES string of the molecule is COc1cc(C(C)(C)CO)cc(Br)c1C(C)C. The highest BCUT2D eigenvalue weighted by Crippen LogP contribution is 2.38. The van der Waals surface area contributed by atoms with E-state index in [4.69, 9.17) is 4.74 Å². The molecule has 1 N–H and O–H groups in total. The van der Waals surface area contributed by atoms with Crippen molar-refractivity contribution >= 4 is 15.9 Å². The Morgan fingerprint density at radius 1 is 1.35 bits per heavy atom. The number of benzene rings is 1. The molecule has 0 amide bonds. The van der Waals surface area contributed by atoms with Gasteiger partial charge in [0.15, 0.2) is 0 Å². The molecule has 0 aliphatic carbocycles. The van der Waals surface area contributed by atoms with Crippen molar-refractivity contribution in [2.75, 3.05) is 13.7 Å². The highest BCUT2D eigenvalue weighted by atomic mass is 79.9. The largest absolute Gasteiger partial charge is 0.496 e. The third kappa shape index (κ3) is 3.02. The highest BCUT2D eigenvalue weighted by Gasteiger charge is 2.23. The van der Waals surface area contributed by atoms with Crippen LogP contribution in [0.4, 0.5) is 0 Å². The van der Waals surface area contributed by atoms with E-state index in [0.29, 0.717) is 5.92 Å². The van der Waals surface area contributed by atoms with Crippen molar-refractivity contribution in [2.45, 2.75) is 39.0 Å². The number of aliphatic hydroxyl groups excluding tert-OH is 1. The van der Waals surface area contributed by atoms with E-state index in [1.165, 1.54) is 5.56 Å². The average molecular weight is 301 g/mol. The van der Waals surface area contributed by atoms with E-state index in [9.17, 15) is 5.11 Å². The molecule has 0 unspecified atom stereocenters. The first-order valence-corrected chi connectivity index (χ1v) is 6.61. The van der Waals surface area contributed by atoms with E-state index >= 15 is 0 Å². The van der Waals surface area contributed by atoms with Crippen LogP contribution in [0.5, 0.6) is 5.75 Å². The number of methoxy groups -OCH3 is 1. The normalized spacial score (nSPS) is 12.0. The summed E-state index contributed by atoms with van der Waals surface area (Å²) in [5.74, 6) is 1.27. The van der Waals surface area contributed by atoms with Crippen LogP contribution in [0.1, 0.15) is 44.7 Å². The van der Waals surface area contributed by atoms with Crippen LogP contribution in [0.15, 0.2) is 16.6 Å². The number of aliphatic hydroxyl groups is 1. The Bertz CT molecular complexity index is 397. The molecule has 0 radical (unpaired) electrons. The zero-order valence-electron chi connectivity index (χ0n) is 11.2. The standard InChI is InChI=1S/C14H21BrO2/c1-9(2)13-11(15)6-10(7-12(13)17-5)14(3,4)8-16/h6-7,9,16H,8H2,1-5H3. The quantitative estimate of drug-likeness (QED) is 0.915. The fourth-order valence-electron chi connectivity index (χ4n) is 1.80. The summed E-state index contributed by atoms with van der Waals surface area (Å²) in [4.78, 5) is 0. The van der Waals surface area contributed by atoms with Gasteiger partial charge in [-0.15, -0.1) is 0 Å². The number of halogens is 1. The van der Waals surface area contributed by atoms with Gasteiger partial charge in [0.1, 0.15) is 5.75 Å². The number of hydrogen-bond acceptors (Lipinski definition) is 2. The van der Waals surface area contributed by atoms with Crippen molar-refractivity contribution in [1.82, 2.24) is 0 Å². The third-order valence-corrected chi connectivity index (χ3v) is 3.72. The molecule has 0 saturated carbocycles. The molecule has 1 rings (SSSR count). The van der Waals surface area contributed by atoms with Crippen LogP contribution < -0.4 is 4.74 Å². The Kier molecular flexibility index (Phi) is 4.62. The minimum absolute atomic E-state index is 0.115. The van der Waals surface area contributed by atoms with E-state index in [-0.39, 0.29) is 12.0 Å². The molecule has 3 heteroatoms. The second-order valence-corrected chi connectivity index (χ2v) is 6.13. The zero-order valence-corrected chi connectivity index (χ0v) is 12.8. The molecule has 1 aromatic carbocycles. The molecule has 17 heavy (non-hydrogen) atoms. The van der Waals surface area contributed by atoms with Gasteiger partial charge in [-0.2, -0.15) is 0 Å². The molecule has 0 saturated heterocycles. The summed E-state index contributed by atoms with van der Waals surface area (Å²) in [7, 11) is 1.68. The molecule has 0 spiro atoms. The molecule has 0 heterocycles. The average Bonchev–Trinajstić information content (AvgIpc) is 2.27. The second-order valence-electron chi connectivity index (χ2n) is 5.27. The topological polar surface area (TPSA) is 29.5 Å². The van der Waals surface area contributed by atoms with Gasteiger partial charge in [0, 0.05) is 15.5 Å². The van der Waals surface area contributed by atoms with Gasteiger partial charge in [-0.25, -0.2) is 0 Å². The van der Waals surface area contributed by atoms with Gasteiger partial charge in [0.2, 0.25) is 0 Å². The molecular weight excluding hydrogens is 280 g/mol. The van der Waals surface area contributed by atoms with Gasteiger partial charge in [-0.1, -0.05) is 43.6 Å². The summed E-state index contributed by atoms with van der Waals surface area (Å²) >= 11 is 3.60. The highest BCUT2D eigenvalue weighted by molar-refractivity contribution is 9.10. The van der Waals surface area contributed by atoms with Gasteiger partial charge < -0.3 is 9.84 Å². The van der Waals surface area contributed by atoms with Gasteiger partial charge in [-0.3, -0.25) is 0 Å². The van der Waals surface area contributed by atoms with E-state index in [1.807, 2.05) is 19.9 Å². The number of ether oxygens (including phenoxy) is 1. The fraction of sp³-hybridized carbons (Fsp3) is 0.571. The molecule has 0 bridgehead atoms. The number of rotatable bonds is 4. The lowest BCUT2D eigenvalue weighted by Gasteiger charge is -2.25. The Morgan fingerprint density at radius 3 is 2.35 bits per heavy atom. The molecular formula is C14H21BrO2. The summed E-state index contributed by atoms with van der Waals surface area (Å²) < 4.78 is 6.50. The van der Waals surface area contributed by atoms with E-state index in [0.717, 1.165) is 15.8 Å².